The van der Waals surface area contributed by atoms with E-state index in [2.05, 4.69) is 41.4 Å². The van der Waals surface area contributed by atoms with Crippen LogP contribution in [0, 0.1) is 0 Å². The van der Waals surface area contributed by atoms with Crippen molar-refractivity contribution in [2.24, 2.45) is 0 Å². The predicted molar refractivity (Wildman–Crippen MR) is 91.4 cm³/mol. The van der Waals surface area contributed by atoms with Gasteiger partial charge in [-0.05, 0) is 37.5 Å². The first kappa shape index (κ1) is 17.3. The van der Waals surface area contributed by atoms with Crippen LogP contribution in [0.25, 0.3) is 0 Å². The van der Waals surface area contributed by atoms with Gasteiger partial charge in [-0.3, -0.25) is 0 Å². The zero-order valence-electron chi connectivity index (χ0n) is 14.1. The lowest BCUT2D eigenvalue weighted by Crippen LogP contribution is -2.40. The number of ether oxygens (including phenoxy) is 1. The fraction of sp³-hybridized carbons (Fsp3) is 0.667. The number of nitrogens with one attached hydrogen (secondary N) is 1. The minimum atomic E-state index is -0.595. The number of aliphatic hydroxyl groups is 1. The molecule has 1 fully saturated rings. The normalized spacial score (nSPS) is 17.5. The lowest BCUT2D eigenvalue weighted by atomic mass is 9.96. The van der Waals surface area contributed by atoms with Crippen molar-refractivity contribution >= 4 is 5.69 Å². The van der Waals surface area contributed by atoms with Gasteiger partial charge in [-0.15, -0.1) is 0 Å². The largest absolute Gasteiger partial charge is 0.389 e. The Bertz CT molecular complexity index is 437. The Morgan fingerprint density at radius 2 is 1.77 bits per heavy atom. The molecule has 0 amide bonds. The molecule has 1 aromatic carbocycles. The van der Waals surface area contributed by atoms with Gasteiger partial charge in [-0.2, -0.15) is 0 Å². The molecular formula is C18H30N2O2. The molecule has 0 radical (unpaired) electrons. The number of benzene rings is 1. The molecule has 1 aromatic rings. The molecule has 2 rings (SSSR count). The second-order valence-electron chi connectivity index (χ2n) is 6.22. The zero-order valence-corrected chi connectivity index (χ0v) is 14.1. The Morgan fingerprint density at radius 3 is 2.32 bits per heavy atom. The third-order valence-corrected chi connectivity index (χ3v) is 4.82. The van der Waals surface area contributed by atoms with Crippen LogP contribution in [-0.4, -0.2) is 43.6 Å². The van der Waals surface area contributed by atoms with Crippen molar-refractivity contribution in [1.82, 2.24) is 5.32 Å². The third-order valence-electron chi connectivity index (χ3n) is 4.82. The zero-order chi connectivity index (χ0) is 16.0. The van der Waals surface area contributed by atoms with Crippen molar-refractivity contribution in [2.45, 2.75) is 45.3 Å². The molecule has 1 unspecified atom stereocenters. The van der Waals surface area contributed by atoms with Crippen molar-refractivity contribution in [3.8, 4) is 0 Å². The Balaban J connectivity index is 1.91. The van der Waals surface area contributed by atoms with Crippen LogP contribution in [0.15, 0.2) is 24.3 Å². The smallest absolute Gasteiger partial charge is 0.0766 e. The molecule has 4 heteroatoms. The molecule has 1 saturated heterocycles. The minimum Gasteiger partial charge on any atom is -0.389 e. The first-order chi connectivity index (χ1) is 10.6. The average Bonchev–Trinajstić information content (AvgIpc) is 2.60. The molecule has 0 aromatic heterocycles. The molecule has 1 atom stereocenters. The van der Waals surface area contributed by atoms with Gasteiger partial charge < -0.3 is 20.1 Å². The van der Waals surface area contributed by atoms with Gasteiger partial charge in [0.2, 0.25) is 0 Å². The van der Waals surface area contributed by atoms with E-state index in [0.29, 0.717) is 6.54 Å². The Kier molecular flexibility index (Phi) is 6.24. The van der Waals surface area contributed by atoms with E-state index >= 15 is 0 Å². The molecular weight excluding hydrogens is 276 g/mol. The summed E-state index contributed by atoms with van der Waals surface area (Å²) in [5, 5.41) is 13.8. The highest BCUT2D eigenvalue weighted by molar-refractivity contribution is 5.48. The Labute approximate surface area is 134 Å². The second kappa shape index (κ2) is 7.95. The van der Waals surface area contributed by atoms with Gasteiger partial charge in [-0.1, -0.05) is 26.0 Å². The molecule has 124 valence electrons. The molecule has 0 saturated carbocycles. The number of anilines is 1. The van der Waals surface area contributed by atoms with Gasteiger partial charge in [0.1, 0.15) is 0 Å². The number of morpholine rings is 1. The summed E-state index contributed by atoms with van der Waals surface area (Å²) in [5.41, 5.74) is 1.92. The van der Waals surface area contributed by atoms with Crippen LogP contribution in [0.1, 0.15) is 45.2 Å². The van der Waals surface area contributed by atoms with Gasteiger partial charge in [0.05, 0.1) is 18.8 Å². The SMILES string of the molecule is CCC(O)(CC)CNC(C)c1ccc(N2CCOCC2)cc1. The van der Waals surface area contributed by atoms with E-state index in [1.807, 2.05) is 13.8 Å². The van der Waals surface area contributed by atoms with Crippen molar-refractivity contribution in [3.05, 3.63) is 29.8 Å². The number of hydrogen-bond donors (Lipinski definition) is 2. The van der Waals surface area contributed by atoms with Gasteiger partial charge in [0, 0.05) is 31.4 Å². The van der Waals surface area contributed by atoms with Crippen LogP contribution >= 0.6 is 0 Å². The van der Waals surface area contributed by atoms with Gasteiger partial charge in [0.25, 0.3) is 0 Å². The standard InChI is InChI=1S/C18H30N2O2/c1-4-18(21,5-2)14-19-15(3)16-6-8-17(9-7-16)20-10-12-22-13-11-20/h6-9,15,19,21H,4-5,10-14H2,1-3H3. The van der Waals surface area contributed by atoms with Crippen molar-refractivity contribution in [2.75, 3.05) is 37.7 Å². The molecule has 4 nitrogen and oxygen atoms in total. The summed E-state index contributed by atoms with van der Waals surface area (Å²) in [6, 6.07) is 8.97. The van der Waals surface area contributed by atoms with E-state index in [9.17, 15) is 5.11 Å². The first-order valence-corrected chi connectivity index (χ1v) is 8.46. The quantitative estimate of drug-likeness (QED) is 0.813. The van der Waals surface area contributed by atoms with E-state index in [1.54, 1.807) is 0 Å². The topological polar surface area (TPSA) is 44.7 Å². The van der Waals surface area contributed by atoms with Crippen molar-refractivity contribution in [1.29, 1.82) is 0 Å². The predicted octanol–water partition coefficient (Wildman–Crippen LogP) is 2.72. The van der Waals surface area contributed by atoms with Crippen LogP contribution in [0.4, 0.5) is 5.69 Å². The summed E-state index contributed by atoms with van der Waals surface area (Å²) in [7, 11) is 0. The second-order valence-corrected chi connectivity index (χ2v) is 6.22. The highest BCUT2D eigenvalue weighted by atomic mass is 16.5. The maximum Gasteiger partial charge on any atom is 0.0766 e. The molecule has 0 bridgehead atoms. The average molecular weight is 306 g/mol. The summed E-state index contributed by atoms with van der Waals surface area (Å²) in [6.45, 7) is 10.4. The van der Waals surface area contributed by atoms with E-state index in [1.165, 1.54) is 11.3 Å². The highest BCUT2D eigenvalue weighted by Gasteiger charge is 2.22. The number of nitrogens with zero attached hydrogens (tertiary/aromatic N) is 1. The maximum atomic E-state index is 10.4. The molecule has 2 N–H and O–H groups in total. The van der Waals surface area contributed by atoms with Crippen molar-refractivity contribution in [3.63, 3.8) is 0 Å². The third kappa shape index (κ3) is 4.45. The summed E-state index contributed by atoms with van der Waals surface area (Å²) in [5.74, 6) is 0. The lowest BCUT2D eigenvalue weighted by molar-refractivity contribution is 0.0303. The van der Waals surface area contributed by atoms with Gasteiger partial charge >= 0.3 is 0 Å². The molecule has 1 heterocycles. The fourth-order valence-corrected chi connectivity index (χ4v) is 2.76. The van der Waals surface area contributed by atoms with Gasteiger partial charge in [0.15, 0.2) is 0 Å². The maximum absolute atomic E-state index is 10.4. The minimum absolute atomic E-state index is 0.239. The van der Waals surface area contributed by atoms with Crippen LogP contribution in [0.5, 0.6) is 0 Å². The highest BCUT2D eigenvalue weighted by Crippen LogP contribution is 2.21. The number of rotatable bonds is 7. The summed E-state index contributed by atoms with van der Waals surface area (Å²) in [4.78, 5) is 2.36. The van der Waals surface area contributed by atoms with Crippen LogP contribution in [-0.2, 0) is 4.74 Å². The molecule has 22 heavy (non-hydrogen) atoms. The molecule has 1 aliphatic rings. The monoisotopic (exact) mass is 306 g/mol. The van der Waals surface area contributed by atoms with Crippen LogP contribution in [0.2, 0.25) is 0 Å². The van der Waals surface area contributed by atoms with Gasteiger partial charge in [-0.25, -0.2) is 0 Å². The Hall–Kier alpha value is -1.10. The lowest BCUT2D eigenvalue weighted by Gasteiger charge is -2.30. The number of hydrogen-bond acceptors (Lipinski definition) is 4. The molecule has 0 spiro atoms. The van der Waals surface area contributed by atoms with E-state index in [0.717, 1.165) is 39.1 Å². The van der Waals surface area contributed by atoms with Crippen molar-refractivity contribution < 1.29 is 9.84 Å². The summed E-state index contributed by atoms with van der Waals surface area (Å²) in [6.07, 6.45) is 1.55. The van der Waals surface area contributed by atoms with E-state index < -0.39 is 5.60 Å². The fourth-order valence-electron chi connectivity index (χ4n) is 2.76. The summed E-state index contributed by atoms with van der Waals surface area (Å²) >= 11 is 0. The van der Waals surface area contributed by atoms with Crippen LogP contribution < -0.4 is 10.2 Å². The molecule has 0 aliphatic carbocycles. The summed E-state index contributed by atoms with van der Waals surface area (Å²) < 4.78 is 5.39. The van der Waals surface area contributed by atoms with Crippen LogP contribution in [0.3, 0.4) is 0 Å². The van der Waals surface area contributed by atoms with E-state index in [-0.39, 0.29) is 6.04 Å². The Morgan fingerprint density at radius 1 is 1.18 bits per heavy atom. The van der Waals surface area contributed by atoms with E-state index in [4.69, 9.17) is 4.74 Å². The first-order valence-electron chi connectivity index (χ1n) is 8.46. The molecule has 1 aliphatic heterocycles.